The van der Waals surface area contributed by atoms with E-state index in [0.29, 0.717) is 25.3 Å². The fourth-order valence-corrected chi connectivity index (χ4v) is 6.54. The van der Waals surface area contributed by atoms with Crippen molar-refractivity contribution in [3.8, 4) is 17.4 Å². The molecule has 3 aromatic heterocycles. The minimum atomic E-state index is -4.83. The molecule has 0 saturated carbocycles. The van der Waals surface area contributed by atoms with Crippen molar-refractivity contribution in [2.24, 2.45) is 0 Å². The number of halogens is 5. The summed E-state index contributed by atoms with van der Waals surface area (Å²) in [4.78, 5) is 20.8. The van der Waals surface area contributed by atoms with Crippen LogP contribution in [-0.2, 0) is 6.18 Å². The number of ether oxygens (including phenoxy) is 1. The molecule has 3 aromatic rings. The van der Waals surface area contributed by atoms with Gasteiger partial charge < -0.3 is 20.7 Å². The van der Waals surface area contributed by atoms with Crippen molar-refractivity contribution in [2.75, 3.05) is 50.5 Å². The zero-order chi connectivity index (χ0) is 29.1. The summed E-state index contributed by atoms with van der Waals surface area (Å²) in [5.74, 6) is -0.960. The lowest BCUT2D eigenvalue weighted by molar-refractivity contribution is -0.137. The van der Waals surface area contributed by atoms with Crippen LogP contribution in [0.1, 0.15) is 36.8 Å². The Morgan fingerprint density at radius 2 is 2.05 bits per heavy atom. The van der Waals surface area contributed by atoms with Crippen molar-refractivity contribution in [1.82, 2.24) is 30.2 Å². The first kappa shape index (κ1) is 27.8. The predicted molar refractivity (Wildman–Crippen MR) is 143 cm³/mol. The highest BCUT2D eigenvalue weighted by atomic mass is 19.4. The molecule has 0 aromatic carbocycles. The molecule has 14 heteroatoms. The third-order valence-electron chi connectivity index (χ3n) is 8.53. The van der Waals surface area contributed by atoms with E-state index in [4.69, 9.17) is 10.5 Å². The van der Waals surface area contributed by atoms with Gasteiger partial charge in [0.1, 0.15) is 41.3 Å². The van der Waals surface area contributed by atoms with Gasteiger partial charge in [-0.3, -0.25) is 9.88 Å². The molecule has 0 aliphatic carbocycles. The van der Waals surface area contributed by atoms with E-state index in [-0.39, 0.29) is 40.9 Å². The highest BCUT2D eigenvalue weighted by molar-refractivity contribution is 5.92. The molecule has 220 valence electrons. The van der Waals surface area contributed by atoms with Crippen molar-refractivity contribution < 1.29 is 26.7 Å². The fourth-order valence-electron chi connectivity index (χ4n) is 6.54. The largest absolute Gasteiger partial charge is 0.461 e. The minimum absolute atomic E-state index is 0.0322. The van der Waals surface area contributed by atoms with Gasteiger partial charge >= 0.3 is 12.2 Å². The molecule has 0 radical (unpaired) electrons. The van der Waals surface area contributed by atoms with Gasteiger partial charge in [-0.2, -0.15) is 23.1 Å². The topological polar surface area (TPSA) is 105 Å². The Morgan fingerprint density at radius 3 is 2.78 bits per heavy atom. The SMILES string of the molecule is Cc1cc(N)nc(-c2ncc3c(N(C)[C@@H]4CCNC4)nc(OC[C@@]45CCCN4C[C@H](F)C5)nc3c2F)c1C(F)(F)F. The molecular formula is C27H31F5N8O. The van der Waals surface area contributed by atoms with E-state index in [1.54, 1.807) is 0 Å². The van der Waals surface area contributed by atoms with Crippen molar-refractivity contribution in [1.29, 1.82) is 0 Å². The molecule has 6 rings (SSSR count). The first-order valence-electron chi connectivity index (χ1n) is 13.6. The summed E-state index contributed by atoms with van der Waals surface area (Å²) in [7, 11) is 1.81. The summed E-state index contributed by atoms with van der Waals surface area (Å²) in [6.45, 7) is 3.91. The molecular weight excluding hydrogens is 547 g/mol. The van der Waals surface area contributed by atoms with Gasteiger partial charge in [-0.1, -0.05) is 0 Å². The van der Waals surface area contributed by atoms with Gasteiger partial charge in [0.15, 0.2) is 5.82 Å². The van der Waals surface area contributed by atoms with E-state index in [1.165, 1.54) is 13.1 Å². The number of hydrogen-bond acceptors (Lipinski definition) is 9. The Labute approximate surface area is 233 Å². The Hall–Kier alpha value is -3.39. The van der Waals surface area contributed by atoms with Crippen LogP contribution < -0.4 is 20.7 Å². The summed E-state index contributed by atoms with van der Waals surface area (Å²) in [5, 5.41) is 3.49. The minimum Gasteiger partial charge on any atom is -0.461 e. The monoisotopic (exact) mass is 578 g/mol. The van der Waals surface area contributed by atoms with Gasteiger partial charge in [0.2, 0.25) is 0 Å². The molecule has 3 aliphatic rings. The lowest BCUT2D eigenvalue weighted by Crippen LogP contribution is -2.43. The van der Waals surface area contributed by atoms with E-state index in [2.05, 4.69) is 30.2 Å². The Balaban J connectivity index is 1.47. The van der Waals surface area contributed by atoms with Gasteiger partial charge in [-0.05, 0) is 50.9 Å². The number of nitrogens with two attached hydrogens (primary N) is 1. The summed E-state index contributed by atoms with van der Waals surface area (Å²) < 4.78 is 78.7. The second-order valence-electron chi connectivity index (χ2n) is 11.2. The van der Waals surface area contributed by atoms with Gasteiger partial charge in [0, 0.05) is 38.8 Å². The standard InChI is InChI=1S/C27H31F5N8O/c1-14-8-18(33)36-22(19(14)27(30,31)32)23-20(29)21-17(11-35-23)24(39(2)16-4-6-34-10-16)38-25(37-21)41-13-26-5-3-7-40(26)12-15(28)9-26/h8,11,15-16,34H,3-7,9-10,12-13H2,1-2H3,(H2,33,36)/t15-,16-,26+/m1/s1. The number of hydrogen-bond donors (Lipinski definition) is 2. The molecule has 0 amide bonds. The van der Waals surface area contributed by atoms with Crippen LogP contribution in [0.5, 0.6) is 6.01 Å². The van der Waals surface area contributed by atoms with E-state index < -0.39 is 40.7 Å². The molecule has 3 N–H and O–H groups in total. The Morgan fingerprint density at radius 1 is 1.24 bits per heavy atom. The van der Waals surface area contributed by atoms with Crippen LogP contribution in [-0.4, -0.2) is 82.4 Å². The van der Waals surface area contributed by atoms with Crippen LogP contribution in [0.15, 0.2) is 12.3 Å². The molecule has 0 unspecified atom stereocenters. The maximum atomic E-state index is 16.2. The third-order valence-corrected chi connectivity index (χ3v) is 8.53. The lowest BCUT2D eigenvalue weighted by atomic mass is 9.95. The van der Waals surface area contributed by atoms with E-state index in [0.717, 1.165) is 38.4 Å². The van der Waals surface area contributed by atoms with Gasteiger partial charge in [-0.15, -0.1) is 0 Å². The van der Waals surface area contributed by atoms with Gasteiger partial charge in [0.05, 0.1) is 16.5 Å². The van der Waals surface area contributed by atoms with Crippen LogP contribution in [0.3, 0.4) is 0 Å². The van der Waals surface area contributed by atoms with Crippen molar-refractivity contribution in [3.05, 3.63) is 29.2 Å². The van der Waals surface area contributed by atoms with E-state index in [1.807, 2.05) is 11.9 Å². The number of likely N-dealkylation sites (N-methyl/N-ethyl adjacent to an activating group) is 1. The molecule has 0 spiro atoms. The van der Waals surface area contributed by atoms with Crippen molar-refractivity contribution >= 4 is 22.5 Å². The number of pyridine rings is 2. The maximum Gasteiger partial charge on any atom is 0.418 e. The predicted octanol–water partition coefficient (Wildman–Crippen LogP) is 3.89. The number of nitrogens with one attached hydrogen (secondary N) is 1. The number of fused-ring (bicyclic) bond motifs is 2. The van der Waals surface area contributed by atoms with E-state index in [9.17, 15) is 17.6 Å². The number of aryl methyl sites for hydroxylation is 1. The highest BCUT2D eigenvalue weighted by Gasteiger charge is 2.49. The lowest BCUT2D eigenvalue weighted by Gasteiger charge is -2.31. The van der Waals surface area contributed by atoms with E-state index >= 15 is 4.39 Å². The first-order valence-corrected chi connectivity index (χ1v) is 13.6. The molecule has 6 heterocycles. The number of rotatable bonds is 6. The summed E-state index contributed by atoms with van der Waals surface area (Å²) in [6, 6.07) is 0.973. The molecule has 9 nitrogen and oxygen atoms in total. The van der Waals surface area contributed by atoms with Crippen LogP contribution in [0, 0.1) is 12.7 Å². The average Bonchev–Trinajstić information content (AvgIpc) is 3.62. The second-order valence-corrected chi connectivity index (χ2v) is 11.2. The number of nitrogen functional groups attached to an aromatic ring is 1. The summed E-state index contributed by atoms with van der Waals surface area (Å²) in [6.07, 6.45) is -1.73. The molecule has 3 atom stereocenters. The normalized spacial score (nSPS) is 24.8. The Kier molecular flexibility index (Phi) is 6.88. The summed E-state index contributed by atoms with van der Waals surface area (Å²) in [5.41, 5.74) is 2.34. The highest BCUT2D eigenvalue weighted by Crippen LogP contribution is 2.42. The van der Waals surface area contributed by atoms with Crippen LogP contribution in [0.4, 0.5) is 33.6 Å². The molecule has 3 saturated heterocycles. The second kappa shape index (κ2) is 10.2. The van der Waals surface area contributed by atoms with Gasteiger partial charge in [-0.25, -0.2) is 13.8 Å². The molecule has 3 aliphatic heterocycles. The zero-order valence-electron chi connectivity index (χ0n) is 22.7. The summed E-state index contributed by atoms with van der Waals surface area (Å²) >= 11 is 0. The quantitative estimate of drug-likeness (QED) is 0.422. The number of aromatic nitrogens is 4. The third kappa shape index (κ3) is 4.90. The number of anilines is 2. The smallest absolute Gasteiger partial charge is 0.418 e. The van der Waals surface area contributed by atoms with Gasteiger partial charge in [0.25, 0.3) is 0 Å². The average molecular weight is 579 g/mol. The molecule has 41 heavy (non-hydrogen) atoms. The Bertz CT molecular complexity index is 1480. The molecule has 0 bridgehead atoms. The number of nitrogens with zero attached hydrogens (tertiary/aromatic N) is 6. The first-order chi connectivity index (χ1) is 19.5. The van der Waals surface area contributed by atoms with Crippen LogP contribution in [0.25, 0.3) is 22.3 Å². The fraction of sp³-hybridized carbons (Fsp3) is 0.556. The molecule has 3 fully saturated rings. The van der Waals surface area contributed by atoms with Crippen molar-refractivity contribution in [3.63, 3.8) is 0 Å². The number of alkyl halides is 4. The maximum absolute atomic E-state index is 16.2. The zero-order valence-corrected chi connectivity index (χ0v) is 22.7. The van der Waals surface area contributed by atoms with Crippen molar-refractivity contribution in [2.45, 2.75) is 56.5 Å². The van der Waals surface area contributed by atoms with Crippen LogP contribution in [0.2, 0.25) is 0 Å². The van der Waals surface area contributed by atoms with Crippen LogP contribution >= 0.6 is 0 Å².